The van der Waals surface area contributed by atoms with Crippen LogP contribution in [-0.2, 0) is 4.79 Å². The van der Waals surface area contributed by atoms with Crippen LogP contribution in [0.1, 0.15) is 25.5 Å². The third kappa shape index (κ3) is 1.89. The topological polar surface area (TPSA) is 57.5 Å². The van der Waals surface area contributed by atoms with Crippen molar-refractivity contribution in [3.05, 3.63) is 22.4 Å². The van der Waals surface area contributed by atoms with Gasteiger partial charge in [-0.1, -0.05) is 0 Å². The van der Waals surface area contributed by atoms with Crippen molar-refractivity contribution >= 4 is 17.3 Å². The Bertz CT molecular complexity index is 290. The molecule has 0 saturated carbocycles. The minimum Gasteiger partial charge on any atom is -0.481 e. The molecular weight excluding hydrogens is 188 g/mol. The summed E-state index contributed by atoms with van der Waals surface area (Å²) in [7, 11) is 0. The monoisotopic (exact) mass is 200 g/mol. The normalized spacial score (nSPS) is 14.1. The predicted molar refractivity (Wildman–Crippen MR) is 50.7 cm³/mol. The Hall–Kier alpha value is -0.870. The SMILES string of the molecule is CC(C)(C(=O)O)C(O)c1ccsc1. The molecule has 0 aromatic carbocycles. The van der Waals surface area contributed by atoms with Crippen molar-refractivity contribution in [2.75, 3.05) is 0 Å². The third-order valence-electron chi connectivity index (χ3n) is 2.09. The lowest BCUT2D eigenvalue weighted by molar-refractivity contribution is -0.153. The molecule has 1 aromatic rings. The lowest BCUT2D eigenvalue weighted by Gasteiger charge is -2.25. The van der Waals surface area contributed by atoms with E-state index in [-0.39, 0.29) is 0 Å². The van der Waals surface area contributed by atoms with E-state index in [0.717, 1.165) is 0 Å². The summed E-state index contributed by atoms with van der Waals surface area (Å²) in [6, 6.07) is 1.74. The Kier molecular flexibility index (Phi) is 2.73. The van der Waals surface area contributed by atoms with Crippen molar-refractivity contribution in [1.82, 2.24) is 0 Å². The van der Waals surface area contributed by atoms with Crippen molar-refractivity contribution in [3.8, 4) is 0 Å². The zero-order valence-corrected chi connectivity index (χ0v) is 8.34. The number of carboxylic acid groups (broad SMARTS) is 1. The molecule has 0 spiro atoms. The summed E-state index contributed by atoms with van der Waals surface area (Å²) in [4.78, 5) is 10.8. The minimum absolute atomic E-state index is 0.664. The molecule has 0 aliphatic heterocycles. The molecule has 0 aliphatic carbocycles. The highest BCUT2D eigenvalue weighted by molar-refractivity contribution is 7.07. The Balaban J connectivity index is 2.90. The quantitative estimate of drug-likeness (QED) is 0.783. The molecule has 0 amide bonds. The molecule has 1 atom stereocenters. The van der Waals surface area contributed by atoms with E-state index in [1.165, 1.54) is 25.2 Å². The molecule has 13 heavy (non-hydrogen) atoms. The largest absolute Gasteiger partial charge is 0.481 e. The fourth-order valence-electron chi connectivity index (χ4n) is 0.964. The molecule has 0 saturated heterocycles. The maximum Gasteiger partial charge on any atom is 0.312 e. The van der Waals surface area contributed by atoms with Crippen molar-refractivity contribution in [1.29, 1.82) is 0 Å². The van der Waals surface area contributed by atoms with Gasteiger partial charge in [-0.25, -0.2) is 0 Å². The molecule has 2 N–H and O–H groups in total. The van der Waals surface area contributed by atoms with E-state index in [9.17, 15) is 9.90 Å². The van der Waals surface area contributed by atoms with Gasteiger partial charge in [0, 0.05) is 0 Å². The highest BCUT2D eigenvalue weighted by atomic mass is 32.1. The van der Waals surface area contributed by atoms with Crippen molar-refractivity contribution in [2.24, 2.45) is 5.41 Å². The predicted octanol–water partition coefficient (Wildman–Crippen LogP) is 1.89. The van der Waals surface area contributed by atoms with Crippen LogP contribution in [-0.4, -0.2) is 16.2 Å². The maximum atomic E-state index is 10.8. The van der Waals surface area contributed by atoms with Gasteiger partial charge in [0.25, 0.3) is 0 Å². The number of aliphatic hydroxyl groups excluding tert-OH is 1. The first-order valence-electron chi connectivity index (χ1n) is 3.90. The summed E-state index contributed by atoms with van der Waals surface area (Å²) in [5.74, 6) is -0.994. The summed E-state index contributed by atoms with van der Waals surface area (Å²) in [6.07, 6.45) is -0.948. The average molecular weight is 200 g/mol. The van der Waals surface area contributed by atoms with Crippen LogP contribution in [0.3, 0.4) is 0 Å². The summed E-state index contributed by atoms with van der Waals surface area (Å²) in [5, 5.41) is 22.2. The van der Waals surface area contributed by atoms with Gasteiger partial charge < -0.3 is 10.2 Å². The van der Waals surface area contributed by atoms with Crippen LogP contribution in [0.25, 0.3) is 0 Å². The van der Waals surface area contributed by atoms with E-state index < -0.39 is 17.5 Å². The lowest BCUT2D eigenvalue weighted by Crippen LogP contribution is -2.30. The van der Waals surface area contributed by atoms with Gasteiger partial charge in [0.15, 0.2) is 0 Å². The molecule has 0 bridgehead atoms. The van der Waals surface area contributed by atoms with Crippen LogP contribution in [0.5, 0.6) is 0 Å². The number of aliphatic carboxylic acids is 1. The molecule has 1 unspecified atom stereocenters. The van der Waals surface area contributed by atoms with Crippen LogP contribution in [0, 0.1) is 5.41 Å². The fraction of sp³-hybridized carbons (Fsp3) is 0.444. The number of rotatable bonds is 3. The van der Waals surface area contributed by atoms with Gasteiger partial charge in [-0.3, -0.25) is 4.79 Å². The molecular formula is C9H12O3S. The van der Waals surface area contributed by atoms with Crippen molar-refractivity contribution < 1.29 is 15.0 Å². The molecule has 0 fully saturated rings. The molecule has 72 valence electrons. The van der Waals surface area contributed by atoms with Crippen LogP contribution in [0.2, 0.25) is 0 Å². The highest BCUT2D eigenvalue weighted by Crippen LogP contribution is 2.34. The maximum absolute atomic E-state index is 10.8. The highest BCUT2D eigenvalue weighted by Gasteiger charge is 2.36. The molecule has 1 heterocycles. The summed E-state index contributed by atoms with van der Waals surface area (Å²) < 4.78 is 0. The molecule has 4 heteroatoms. The number of thiophene rings is 1. The van der Waals surface area contributed by atoms with E-state index in [1.807, 2.05) is 5.38 Å². The number of carbonyl (C=O) groups is 1. The van der Waals surface area contributed by atoms with Gasteiger partial charge in [0.2, 0.25) is 0 Å². The van der Waals surface area contributed by atoms with Gasteiger partial charge >= 0.3 is 5.97 Å². The van der Waals surface area contributed by atoms with Gasteiger partial charge in [-0.05, 0) is 36.2 Å². The zero-order chi connectivity index (χ0) is 10.1. The van der Waals surface area contributed by atoms with Crippen LogP contribution in [0.4, 0.5) is 0 Å². The van der Waals surface area contributed by atoms with Crippen molar-refractivity contribution in [2.45, 2.75) is 20.0 Å². The van der Waals surface area contributed by atoms with E-state index in [4.69, 9.17) is 5.11 Å². The first-order valence-corrected chi connectivity index (χ1v) is 4.84. The smallest absolute Gasteiger partial charge is 0.312 e. The second-order valence-electron chi connectivity index (χ2n) is 3.49. The molecule has 1 rings (SSSR count). The Morgan fingerprint density at radius 1 is 1.62 bits per heavy atom. The number of aliphatic hydroxyl groups is 1. The second kappa shape index (κ2) is 3.47. The Morgan fingerprint density at radius 3 is 2.62 bits per heavy atom. The summed E-state index contributed by atoms with van der Waals surface area (Å²) >= 11 is 1.44. The number of hydrogen-bond donors (Lipinski definition) is 2. The van der Waals surface area contributed by atoms with Gasteiger partial charge in [0.1, 0.15) is 0 Å². The minimum atomic E-state index is -1.14. The van der Waals surface area contributed by atoms with Crippen LogP contribution in [0.15, 0.2) is 16.8 Å². The van der Waals surface area contributed by atoms with E-state index in [0.29, 0.717) is 5.56 Å². The lowest BCUT2D eigenvalue weighted by atomic mass is 9.84. The summed E-state index contributed by atoms with van der Waals surface area (Å²) in [6.45, 7) is 3.02. The number of hydrogen-bond acceptors (Lipinski definition) is 3. The average Bonchev–Trinajstić information content (AvgIpc) is 2.54. The number of carboxylic acids is 1. The molecule has 0 radical (unpaired) electrons. The first kappa shape index (κ1) is 10.2. The second-order valence-corrected chi connectivity index (χ2v) is 4.27. The van der Waals surface area contributed by atoms with Crippen molar-refractivity contribution in [3.63, 3.8) is 0 Å². The van der Waals surface area contributed by atoms with Gasteiger partial charge in [-0.15, -0.1) is 0 Å². The molecule has 1 aromatic heterocycles. The standard InChI is InChI=1S/C9H12O3S/c1-9(2,8(11)12)7(10)6-3-4-13-5-6/h3-5,7,10H,1-2H3,(H,11,12). The Labute approximate surface area is 80.6 Å². The summed E-state index contributed by atoms with van der Waals surface area (Å²) in [5.41, 5.74) is -0.474. The van der Waals surface area contributed by atoms with E-state index in [1.54, 1.807) is 11.4 Å². The van der Waals surface area contributed by atoms with E-state index >= 15 is 0 Å². The molecule has 0 aliphatic rings. The third-order valence-corrected chi connectivity index (χ3v) is 2.80. The van der Waals surface area contributed by atoms with E-state index in [2.05, 4.69) is 0 Å². The zero-order valence-electron chi connectivity index (χ0n) is 7.52. The van der Waals surface area contributed by atoms with Crippen LogP contribution < -0.4 is 0 Å². The van der Waals surface area contributed by atoms with Gasteiger partial charge in [-0.2, -0.15) is 11.3 Å². The fourth-order valence-corrected chi connectivity index (χ4v) is 1.64. The van der Waals surface area contributed by atoms with Gasteiger partial charge in [0.05, 0.1) is 11.5 Å². The first-order chi connectivity index (χ1) is 5.96. The Morgan fingerprint density at radius 2 is 2.23 bits per heavy atom. The van der Waals surface area contributed by atoms with Crippen LogP contribution >= 0.6 is 11.3 Å². The molecule has 3 nitrogen and oxygen atoms in total.